The summed E-state index contributed by atoms with van der Waals surface area (Å²) in [6.45, 7) is 1.28. The number of hydrogen-bond acceptors (Lipinski definition) is 2. The van der Waals surface area contributed by atoms with E-state index in [1.807, 2.05) is 0 Å². The third kappa shape index (κ3) is 2.56. The standard InChI is InChI=1S/C11H12FNO3/c1-7(14)13(2)10(11(15)16)8-3-5-9(12)6-4-8/h3-6,10H,1-2H3,(H,15,16). The molecule has 0 aromatic heterocycles. The quantitative estimate of drug-likeness (QED) is 0.846. The molecule has 1 atom stereocenters. The van der Waals surface area contributed by atoms with Crippen molar-refractivity contribution in [1.29, 1.82) is 0 Å². The number of likely N-dealkylation sites (N-methyl/N-ethyl adjacent to an activating group) is 1. The maximum atomic E-state index is 12.7. The van der Waals surface area contributed by atoms with Crippen LogP contribution in [-0.2, 0) is 9.59 Å². The molecule has 0 heterocycles. The number of rotatable bonds is 3. The Balaban J connectivity index is 3.07. The fourth-order valence-corrected chi connectivity index (χ4v) is 1.36. The Morgan fingerprint density at radius 2 is 1.81 bits per heavy atom. The summed E-state index contributed by atoms with van der Waals surface area (Å²) in [4.78, 5) is 23.3. The predicted molar refractivity (Wildman–Crippen MR) is 55.2 cm³/mol. The summed E-state index contributed by atoms with van der Waals surface area (Å²) in [6.07, 6.45) is 0. The first-order valence-corrected chi connectivity index (χ1v) is 4.65. The molecule has 1 N–H and O–H groups in total. The second-order valence-corrected chi connectivity index (χ2v) is 3.42. The van der Waals surface area contributed by atoms with Gasteiger partial charge in [0.25, 0.3) is 0 Å². The highest BCUT2D eigenvalue weighted by atomic mass is 19.1. The lowest BCUT2D eigenvalue weighted by molar-refractivity contribution is -0.148. The number of benzene rings is 1. The van der Waals surface area contributed by atoms with Crippen molar-refractivity contribution in [2.75, 3.05) is 7.05 Å². The van der Waals surface area contributed by atoms with Gasteiger partial charge in [0.1, 0.15) is 5.82 Å². The van der Waals surface area contributed by atoms with Gasteiger partial charge in [0.2, 0.25) is 5.91 Å². The smallest absolute Gasteiger partial charge is 0.331 e. The van der Waals surface area contributed by atoms with Crippen LogP contribution in [0.4, 0.5) is 4.39 Å². The normalized spacial score (nSPS) is 11.9. The van der Waals surface area contributed by atoms with Gasteiger partial charge in [-0.1, -0.05) is 12.1 Å². The molecule has 0 bridgehead atoms. The van der Waals surface area contributed by atoms with Crippen LogP contribution >= 0.6 is 0 Å². The Morgan fingerprint density at radius 1 is 1.31 bits per heavy atom. The molecule has 1 rings (SSSR count). The van der Waals surface area contributed by atoms with Gasteiger partial charge in [0, 0.05) is 14.0 Å². The molecule has 0 saturated carbocycles. The summed E-state index contributed by atoms with van der Waals surface area (Å²) >= 11 is 0. The Hall–Kier alpha value is -1.91. The molecule has 0 fully saturated rings. The summed E-state index contributed by atoms with van der Waals surface area (Å²) in [5.74, 6) is -1.96. The molecule has 4 nitrogen and oxygen atoms in total. The van der Waals surface area contributed by atoms with E-state index in [-0.39, 0.29) is 5.91 Å². The maximum Gasteiger partial charge on any atom is 0.331 e. The van der Waals surface area contributed by atoms with Crippen molar-refractivity contribution in [1.82, 2.24) is 4.90 Å². The number of carboxylic acids is 1. The first-order chi connectivity index (χ1) is 7.43. The van der Waals surface area contributed by atoms with Crippen molar-refractivity contribution < 1.29 is 19.1 Å². The fraction of sp³-hybridized carbons (Fsp3) is 0.273. The topological polar surface area (TPSA) is 57.6 Å². The van der Waals surface area contributed by atoms with Crippen LogP contribution in [0, 0.1) is 5.82 Å². The zero-order chi connectivity index (χ0) is 12.3. The molecule has 1 unspecified atom stereocenters. The predicted octanol–water partition coefficient (Wildman–Crippen LogP) is 1.43. The number of halogens is 1. The number of aliphatic carboxylic acids is 1. The van der Waals surface area contributed by atoms with Crippen LogP contribution in [0.2, 0.25) is 0 Å². The van der Waals surface area contributed by atoms with Gasteiger partial charge in [-0.3, -0.25) is 4.79 Å². The van der Waals surface area contributed by atoms with E-state index < -0.39 is 17.8 Å². The van der Waals surface area contributed by atoms with Crippen molar-refractivity contribution >= 4 is 11.9 Å². The highest BCUT2D eigenvalue weighted by Crippen LogP contribution is 2.20. The lowest BCUT2D eigenvalue weighted by atomic mass is 10.1. The average Bonchev–Trinajstić information content (AvgIpc) is 2.20. The number of amides is 1. The molecular formula is C11H12FNO3. The largest absolute Gasteiger partial charge is 0.479 e. The Kier molecular flexibility index (Phi) is 3.60. The van der Waals surface area contributed by atoms with Crippen molar-refractivity contribution in [3.05, 3.63) is 35.6 Å². The fourth-order valence-electron chi connectivity index (χ4n) is 1.36. The van der Waals surface area contributed by atoms with Crippen molar-refractivity contribution in [3.63, 3.8) is 0 Å². The number of carbonyl (C=O) groups excluding carboxylic acids is 1. The Labute approximate surface area is 92.3 Å². The summed E-state index contributed by atoms with van der Waals surface area (Å²) in [5, 5.41) is 9.03. The van der Waals surface area contributed by atoms with Crippen molar-refractivity contribution in [2.24, 2.45) is 0 Å². The van der Waals surface area contributed by atoms with Gasteiger partial charge < -0.3 is 10.0 Å². The Bertz CT molecular complexity index is 402. The molecule has 1 aromatic rings. The number of carbonyl (C=O) groups is 2. The second-order valence-electron chi connectivity index (χ2n) is 3.42. The molecule has 0 spiro atoms. The molecule has 86 valence electrons. The Morgan fingerprint density at radius 3 is 2.19 bits per heavy atom. The zero-order valence-corrected chi connectivity index (χ0v) is 8.98. The molecule has 0 aliphatic heterocycles. The lowest BCUT2D eigenvalue weighted by Crippen LogP contribution is -2.34. The minimum Gasteiger partial charge on any atom is -0.479 e. The minimum absolute atomic E-state index is 0.364. The van der Waals surface area contributed by atoms with Gasteiger partial charge in [-0.15, -0.1) is 0 Å². The molecule has 0 radical (unpaired) electrons. The monoisotopic (exact) mass is 225 g/mol. The summed E-state index contributed by atoms with van der Waals surface area (Å²) in [5.41, 5.74) is 0.367. The number of hydrogen-bond donors (Lipinski definition) is 1. The molecular weight excluding hydrogens is 213 g/mol. The SMILES string of the molecule is CC(=O)N(C)C(C(=O)O)c1ccc(F)cc1. The van der Waals surface area contributed by atoms with E-state index in [1.165, 1.54) is 38.2 Å². The highest BCUT2D eigenvalue weighted by molar-refractivity contribution is 5.83. The van der Waals surface area contributed by atoms with Gasteiger partial charge >= 0.3 is 5.97 Å². The average molecular weight is 225 g/mol. The van der Waals surface area contributed by atoms with Crippen LogP contribution in [-0.4, -0.2) is 28.9 Å². The van der Waals surface area contributed by atoms with Crippen LogP contribution < -0.4 is 0 Å². The third-order valence-electron chi connectivity index (χ3n) is 2.30. The van der Waals surface area contributed by atoms with Crippen LogP contribution in [0.25, 0.3) is 0 Å². The summed E-state index contributed by atoms with van der Waals surface area (Å²) in [7, 11) is 1.39. The molecule has 0 aliphatic carbocycles. The van der Waals surface area contributed by atoms with Gasteiger partial charge in [0.15, 0.2) is 6.04 Å². The van der Waals surface area contributed by atoms with Gasteiger partial charge in [-0.2, -0.15) is 0 Å². The lowest BCUT2D eigenvalue weighted by Gasteiger charge is -2.23. The van der Waals surface area contributed by atoms with Gasteiger partial charge in [-0.25, -0.2) is 9.18 Å². The third-order valence-corrected chi connectivity index (χ3v) is 2.30. The highest BCUT2D eigenvalue weighted by Gasteiger charge is 2.26. The molecule has 1 amide bonds. The molecule has 0 saturated heterocycles. The summed E-state index contributed by atoms with van der Waals surface area (Å²) in [6, 6.07) is 3.96. The van der Waals surface area contributed by atoms with E-state index in [9.17, 15) is 14.0 Å². The molecule has 5 heteroatoms. The molecule has 0 aliphatic rings. The van der Waals surface area contributed by atoms with Crippen LogP contribution in [0.3, 0.4) is 0 Å². The second kappa shape index (κ2) is 4.74. The molecule has 1 aromatic carbocycles. The minimum atomic E-state index is -1.15. The zero-order valence-electron chi connectivity index (χ0n) is 8.98. The van der Waals surface area contributed by atoms with Crippen molar-refractivity contribution in [3.8, 4) is 0 Å². The van der Waals surface area contributed by atoms with Crippen LogP contribution in [0.1, 0.15) is 18.5 Å². The van der Waals surface area contributed by atoms with E-state index >= 15 is 0 Å². The van der Waals surface area contributed by atoms with E-state index in [1.54, 1.807) is 0 Å². The van der Waals surface area contributed by atoms with E-state index in [0.29, 0.717) is 5.56 Å². The van der Waals surface area contributed by atoms with Crippen LogP contribution in [0.5, 0.6) is 0 Å². The van der Waals surface area contributed by atoms with Gasteiger partial charge in [-0.05, 0) is 17.7 Å². The first kappa shape index (κ1) is 12.2. The van der Waals surface area contributed by atoms with E-state index in [0.717, 1.165) is 4.90 Å². The number of carboxylic acid groups (broad SMARTS) is 1. The molecule has 16 heavy (non-hydrogen) atoms. The van der Waals surface area contributed by atoms with E-state index in [2.05, 4.69) is 0 Å². The van der Waals surface area contributed by atoms with E-state index in [4.69, 9.17) is 5.11 Å². The first-order valence-electron chi connectivity index (χ1n) is 4.65. The maximum absolute atomic E-state index is 12.7. The van der Waals surface area contributed by atoms with Crippen molar-refractivity contribution in [2.45, 2.75) is 13.0 Å². The van der Waals surface area contributed by atoms with Gasteiger partial charge in [0.05, 0.1) is 0 Å². The number of nitrogens with zero attached hydrogens (tertiary/aromatic N) is 1. The summed E-state index contributed by atoms with van der Waals surface area (Å²) < 4.78 is 12.7. The van der Waals surface area contributed by atoms with Crippen LogP contribution in [0.15, 0.2) is 24.3 Å².